The lowest BCUT2D eigenvalue weighted by atomic mass is 9.95. The average molecular weight is 379 g/mol. The predicted octanol–water partition coefficient (Wildman–Crippen LogP) is 4.20. The van der Waals surface area contributed by atoms with Crippen LogP contribution in [0.25, 0.3) is 0 Å². The Morgan fingerprint density at radius 1 is 1.15 bits per heavy atom. The predicted molar refractivity (Wildman–Crippen MR) is 105 cm³/mol. The van der Waals surface area contributed by atoms with Gasteiger partial charge in [-0.2, -0.15) is 0 Å². The van der Waals surface area contributed by atoms with Crippen LogP contribution >= 0.6 is 0 Å². The smallest absolute Gasteiger partial charge is 0.407 e. The summed E-state index contributed by atoms with van der Waals surface area (Å²) in [5.74, 6) is -1.23. The van der Waals surface area contributed by atoms with E-state index in [2.05, 4.69) is 5.32 Å². The summed E-state index contributed by atoms with van der Waals surface area (Å²) in [6, 6.07) is 9.06. The monoisotopic (exact) mass is 379 g/mol. The van der Waals surface area contributed by atoms with E-state index in [-0.39, 0.29) is 24.5 Å². The fourth-order valence-corrected chi connectivity index (χ4v) is 2.66. The van der Waals surface area contributed by atoms with E-state index in [1.165, 1.54) is 0 Å². The van der Waals surface area contributed by atoms with Crippen LogP contribution < -0.4 is 5.32 Å². The molecule has 1 amide bonds. The number of ether oxygens (including phenoxy) is 2. The fourth-order valence-electron chi connectivity index (χ4n) is 2.66. The zero-order chi connectivity index (χ0) is 20.6. The van der Waals surface area contributed by atoms with Gasteiger partial charge in [-0.25, -0.2) is 9.59 Å². The Bertz CT molecular complexity index is 596. The van der Waals surface area contributed by atoms with Crippen LogP contribution in [-0.4, -0.2) is 41.5 Å². The van der Waals surface area contributed by atoms with Gasteiger partial charge in [0, 0.05) is 5.92 Å². The quantitative estimate of drug-likeness (QED) is 0.672. The van der Waals surface area contributed by atoms with Crippen molar-refractivity contribution >= 4 is 12.1 Å². The first-order valence-electron chi connectivity index (χ1n) is 9.44. The third-order valence-corrected chi connectivity index (χ3v) is 4.51. The minimum atomic E-state index is -1.02. The van der Waals surface area contributed by atoms with E-state index in [0.29, 0.717) is 0 Å². The van der Waals surface area contributed by atoms with Gasteiger partial charge < -0.3 is 19.9 Å². The van der Waals surface area contributed by atoms with Gasteiger partial charge in [-0.1, -0.05) is 57.5 Å². The third-order valence-electron chi connectivity index (χ3n) is 4.51. The number of nitrogens with one attached hydrogen (secondary N) is 1. The molecule has 1 aromatic carbocycles. The number of carboxylic acid groups (broad SMARTS) is 1. The summed E-state index contributed by atoms with van der Waals surface area (Å²) in [5.41, 5.74) is 0.293. The van der Waals surface area contributed by atoms with Gasteiger partial charge in [0.2, 0.25) is 0 Å². The summed E-state index contributed by atoms with van der Waals surface area (Å²) < 4.78 is 11.1. The second-order valence-electron chi connectivity index (χ2n) is 7.93. The second-order valence-corrected chi connectivity index (χ2v) is 7.93. The molecule has 1 aromatic rings. The maximum absolute atomic E-state index is 12.1. The van der Waals surface area contributed by atoms with Crippen LogP contribution in [0.15, 0.2) is 30.3 Å². The molecule has 6 nitrogen and oxygen atoms in total. The van der Waals surface area contributed by atoms with E-state index in [1.54, 1.807) is 20.8 Å². The molecule has 0 spiro atoms. The van der Waals surface area contributed by atoms with Gasteiger partial charge >= 0.3 is 12.1 Å². The molecule has 0 aliphatic carbocycles. The van der Waals surface area contributed by atoms with Crippen molar-refractivity contribution in [1.29, 1.82) is 0 Å². The first-order chi connectivity index (χ1) is 12.5. The van der Waals surface area contributed by atoms with Gasteiger partial charge in [-0.05, 0) is 32.3 Å². The zero-order valence-corrected chi connectivity index (χ0v) is 17.2. The molecule has 0 aliphatic rings. The number of hydrogen-bond acceptors (Lipinski definition) is 4. The lowest BCUT2D eigenvalue weighted by molar-refractivity contribution is -0.152. The molecular formula is C21H33NO5. The molecule has 2 unspecified atom stereocenters. The van der Waals surface area contributed by atoms with Crippen molar-refractivity contribution in [3.05, 3.63) is 35.9 Å². The van der Waals surface area contributed by atoms with Crippen LogP contribution in [-0.2, 0) is 14.3 Å². The molecule has 152 valence electrons. The molecule has 27 heavy (non-hydrogen) atoms. The van der Waals surface area contributed by atoms with Gasteiger partial charge in [-0.3, -0.25) is 0 Å². The summed E-state index contributed by atoms with van der Waals surface area (Å²) >= 11 is 0. The summed E-state index contributed by atoms with van der Waals surface area (Å²) in [6.45, 7) is 11.3. The van der Waals surface area contributed by atoms with Crippen LogP contribution in [0.4, 0.5) is 4.79 Å². The molecule has 1 rings (SSSR count). The Kier molecular flexibility index (Phi) is 8.76. The molecule has 2 N–H and O–H groups in total. The Morgan fingerprint density at radius 2 is 1.74 bits per heavy atom. The second kappa shape index (κ2) is 10.3. The fraction of sp³-hybridized carbons (Fsp3) is 0.619. The molecule has 6 heteroatoms. The SMILES string of the molecule is CCC(C)C(CO[C@H](C(=O)O)[C@@H](C)c1ccccc1)NC(=O)OC(C)(C)C. The highest BCUT2D eigenvalue weighted by molar-refractivity contribution is 5.73. The van der Waals surface area contributed by atoms with Crippen molar-refractivity contribution in [3.63, 3.8) is 0 Å². The lowest BCUT2D eigenvalue weighted by Gasteiger charge is -2.29. The van der Waals surface area contributed by atoms with Crippen LogP contribution in [0.3, 0.4) is 0 Å². The molecule has 4 atom stereocenters. The van der Waals surface area contributed by atoms with E-state index in [4.69, 9.17) is 9.47 Å². The summed E-state index contributed by atoms with van der Waals surface area (Å²) in [7, 11) is 0. The van der Waals surface area contributed by atoms with E-state index in [1.807, 2.05) is 51.1 Å². The third kappa shape index (κ3) is 7.99. The molecule has 0 aromatic heterocycles. The van der Waals surface area contributed by atoms with Gasteiger partial charge in [0.1, 0.15) is 5.60 Å². The Morgan fingerprint density at radius 3 is 2.22 bits per heavy atom. The van der Waals surface area contributed by atoms with E-state index < -0.39 is 23.8 Å². The van der Waals surface area contributed by atoms with Crippen LogP contribution in [0.5, 0.6) is 0 Å². The first-order valence-corrected chi connectivity index (χ1v) is 9.44. The van der Waals surface area contributed by atoms with Crippen molar-refractivity contribution in [1.82, 2.24) is 5.32 Å². The molecule has 0 saturated carbocycles. The van der Waals surface area contributed by atoms with Gasteiger partial charge in [0.15, 0.2) is 6.10 Å². The number of carbonyl (C=O) groups excluding carboxylic acids is 1. The molecule has 0 heterocycles. The minimum absolute atomic E-state index is 0.0996. The van der Waals surface area contributed by atoms with Crippen LogP contribution in [0, 0.1) is 5.92 Å². The van der Waals surface area contributed by atoms with Gasteiger partial charge in [0.25, 0.3) is 0 Å². The molecule has 0 saturated heterocycles. The number of alkyl carbamates (subject to hydrolysis) is 1. The maximum Gasteiger partial charge on any atom is 0.407 e. The number of aliphatic carboxylic acids is 1. The number of carbonyl (C=O) groups is 2. The molecule has 0 radical (unpaired) electrons. The van der Waals surface area contributed by atoms with Crippen molar-refractivity contribution in [2.45, 2.75) is 71.6 Å². The number of carboxylic acids is 1. The Labute approximate surface area is 162 Å². The van der Waals surface area contributed by atoms with Crippen molar-refractivity contribution < 1.29 is 24.2 Å². The zero-order valence-electron chi connectivity index (χ0n) is 17.2. The van der Waals surface area contributed by atoms with Crippen LogP contribution in [0.1, 0.15) is 59.4 Å². The Hall–Kier alpha value is -2.08. The summed E-state index contributed by atoms with van der Waals surface area (Å²) in [6.07, 6.45) is -0.714. The Balaban J connectivity index is 2.81. The van der Waals surface area contributed by atoms with Crippen molar-refractivity contribution in [3.8, 4) is 0 Å². The van der Waals surface area contributed by atoms with Crippen molar-refractivity contribution in [2.24, 2.45) is 5.92 Å². The minimum Gasteiger partial charge on any atom is -0.479 e. The average Bonchev–Trinajstić information content (AvgIpc) is 2.58. The summed E-state index contributed by atoms with van der Waals surface area (Å²) in [4.78, 5) is 23.9. The molecule has 0 fully saturated rings. The molecule has 0 bridgehead atoms. The number of rotatable bonds is 9. The largest absolute Gasteiger partial charge is 0.479 e. The highest BCUT2D eigenvalue weighted by Gasteiger charge is 2.30. The van der Waals surface area contributed by atoms with Crippen molar-refractivity contribution in [2.75, 3.05) is 6.61 Å². The van der Waals surface area contributed by atoms with E-state index in [0.717, 1.165) is 12.0 Å². The summed E-state index contributed by atoms with van der Waals surface area (Å²) in [5, 5.41) is 12.4. The van der Waals surface area contributed by atoms with E-state index in [9.17, 15) is 14.7 Å². The normalized spacial score (nSPS) is 16.1. The molecular weight excluding hydrogens is 346 g/mol. The molecule has 0 aliphatic heterocycles. The van der Waals surface area contributed by atoms with Gasteiger partial charge in [-0.15, -0.1) is 0 Å². The van der Waals surface area contributed by atoms with E-state index >= 15 is 0 Å². The maximum atomic E-state index is 12.1. The standard InChI is InChI=1S/C21H33NO5/c1-7-14(2)17(22-20(25)27-21(4,5)6)13-26-18(19(23)24)15(3)16-11-9-8-10-12-16/h8-12,14-15,17-18H,7,13H2,1-6H3,(H,22,25)(H,23,24)/t14?,15-,17?,18-/m0/s1. The number of hydrogen-bond donors (Lipinski definition) is 2. The number of amides is 1. The highest BCUT2D eigenvalue weighted by Crippen LogP contribution is 2.22. The first kappa shape index (κ1) is 23.0. The highest BCUT2D eigenvalue weighted by atomic mass is 16.6. The number of benzene rings is 1. The van der Waals surface area contributed by atoms with Crippen LogP contribution in [0.2, 0.25) is 0 Å². The lowest BCUT2D eigenvalue weighted by Crippen LogP contribution is -2.46. The topological polar surface area (TPSA) is 84.9 Å². The van der Waals surface area contributed by atoms with Gasteiger partial charge in [0.05, 0.1) is 12.6 Å².